The van der Waals surface area contributed by atoms with Crippen LogP contribution in [-0.4, -0.2) is 0 Å². The Balaban J connectivity index is 1.76. The fourth-order valence-electron chi connectivity index (χ4n) is 7.09. The number of allylic oxidation sites excluding steroid dienone is 2. The van der Waals surface area contributed by atoms with Crippen LogP contribution in [-0.2, 0) is 0 Å². The van der Waals surface area contributed by atoms with Crippen molar-refractivity contribution in [2.24, 2.45) is 0 Å². The molecule has 0 saturated heterocycles. The summed E-state index contributed by atoms with van der Waals surface area (Å²) in [6, 6.07) is 9.73. The molecule has 0 bridgehead atoms. The molecule has 0 aliphatic heterocycles. The van der Waals surface area contributed by atoms with E-state index in [0.717, 1.165) is 12.8 Å². The third-order valence-electron chi connectivity index (χ3n) is 9.01. The Hall–Kier alpha value is -2.08. The molecule has 0 spiro atoms. The Kier molecular flexibility index (Phi) is 8.04. The maximum Gasteiger partial charge on any atom is 0.00606 e. The van der Waals surface area contributed by atoms with E-state index in [-0.39, 0.29) is 0 Å². The van der Waals surface area contributed by atoms with Gasteiger partial charge in [0.05, 0.1) is 0 Å². The van der Waals surface area contributed by atoms with Crippen LogP contribution in [0.1, 0.15) is 175 Å². The number of hydrogen-bond acceptors (Lipinski definition) is 0. The lowest BCUT2D eigenvalue weighted by molar-refractivity contribution is 0.585. The van der Waals surface area contributed by atoms with Crippen LogP contribution in [0.15, 0.2) is 35.4 Å². The van der Waals surface area contributed by atoms with E-state index in [1.807, 2.05) is 0 Å². The zero-order valence-electron chi connectivity index (χ0n) is 24.8. The van der Waals surface area contributed by atoms with Crippen LogP contribution < -0.4 is 0 Å². The second-order valence-electron chi connectivity index (χ2n) is 12.6. The van der Waals surface area contributed by atoms with Crippen LogP contribution >= 0.6 is 0 Å². The highest BCUT2D eigenvalue weighted by molar-refractivity contribution is 5.73. The molecule has 2 aliphatic rings. The van der Waals surface area contributed by atoms with Crippen molar-refractivity contribution < 1.29 is 0 Å². The Morgan fingerprint density at radius 2 is 0.806 bits per heavy atom. The van der Waals surface area contributed by atoms with Crippen LogP contribution in [0.3, 0.4) is 0 Å². The van der Waals surface area contributed by atoms with Crippen LogP contribution in [0.4, 0.5) is 0 Å². The van der Waals surface area contributed by atoms with Crippen molar-refractivity contribution in [2.45, 2.75) is 130 Å². The van der Waals surface area contributed by atoms with Crippen LogP contribution in [0.5, 0.6) is 0 Å². The molecule has 0 radical (unpaired) electrons. The Morgan fingerprint density at radius 3 is 1.08 bits per heavy atom. The molecular weight excluding hydrogens is 432 g/mol. The molecule has 4 rings (SSSR count). The molecule has 2 unspecified atom stereocenters. The topological polar surface area (TPSA) is 0 Å². The molecule has 0 amide bonds. The maximum atomic E-state index is 2.58. The summed E-state index contributed by atoms with van der Waals surface area (Å²) in [6.45, 7) is 23.6. The van der Waals surface area contributed by atoms with Gasteiger partial charge in [-0.1, -0.05) is 117 Å². The van der Waals surface area contributed by atoms with Gasteiger partial charge in [-0.15, -0.1) is 0 Å². The van der Waals surface area contributed by atoms with Crippen molar-refractivity contribution in [3.63, 3.8) is 0 Å². The second kappa shape index (κ2) is 10.7. The summed E-state index contributed by atoms with van der Waals surface area (Å²) < 4.78 is 0. The Bertz CT molecular complexity index is 1070. The summed E-state index contributed by atoms with van der Waals surface area (Å²) in [7, 11) is 0. The molecule has 194 valence electrons. The minimum atomic E-state index is 0.562. The molecule has 0 heterocycles. The minimum absolute atomic E-state index is 0.562. The SMILES string of the molecule is CCC1=Cc2c(C(C)C)ccc(C(C)C)c2C1CCC1C(CC)=Cc2c(C(C)C)ccc(C(C)C)c21. The van der Waals surface area contributed by atoms with Crippen molar-refractivity contribution in [3.8, 4) is 0 Å². The van der Waals surface area contributed by atoms with Gasteiger partial charge >= 0.3 is 0 Å². The maximum absolute atomic E-state index is 2.58. The van der Waals surface area contributed by atoms with Crippen molar-refractivity contribution in [2.75, 3.05) is 0 Å². The van der Waals surface area contributed by atoms with Gasteiger partial charge in [-0.3, -0.25) is 0 Å². The molecular formula is C36H50. The predicted octanol–water partition coefficient (Wildman–Crippen LogP) is 11.4. The molecule has 0 aromatic heterocycles. The van der Waals surface area contributed by atoms with E-state index < -0.39 is 0 Å². The van der Waals surface area contributed by atoms with Crippen LogP contribution in [0, 0.1) is 0 Å². The smallest absolute Gasteiger partial charge is 0.00606 e. The molecule has 2 atom stereocenters. The number of fused-ring (bicyclic) bond motifs is 2. The first-order valence-corrected chi connectivity index (χ1v) is 14.8. The minimum Gasteiger partial charge on any atom is -0.0623 e. The largest absolute Gasteiger partial charge is 0.0623 e. The van der Waals surface area contributed by atoms with E-state index in [0.29, 0.717) is 35.5 Å². The van der Waals surface area contributed by atoms with Crippen molar-refractivity contribution in [3.05, 3.63) is 79.9 Å². The van der Waals surface area contributed by atoms with Crippen LogP contribution in [0.2, 0.25) is 0 Å². The van der Waals surface area contributed by atoms with Crippen molar-refractivity contribution >= 4 is 12.2 Å². The molecule has 2 aliphatic carbocycles. The van der Waals surface area contributed by atoms with Gasteiger partial charge in [-0.05, 0) is 93.9 Å². The molecule has 0 saturated carbocycles. The first-order chi connectivity index (χ1) is 17.1. The lowest BCUT2D eigenvalue weighted by Crippen LogP contribution is -2.10. The van der Waals surface area contributed by atoms with E-state index in [4.69, 9.17) is 0 Å². The monoisotopic (exact) mass is 482 g/mol. The lowest BCUT2D eigenvalue weighted by Gasteiger charge is -2.27. The number of hydrogen-bond donors (Lipinski definition) is 0. The summed E-state index contributed by atoms with van der Waals surface area (Å²) in [6.07, 6.45) is 9.97. The normalized spacial score (nSPS) is 18.9. The quantitative estimate of drug-likeness (QED) is 0.333. The van der Waals surface area contributed by atoms with Crippen molar-refractivity contribution in [1.29, 1.82) is 0 Å². The van der Waals surface area contributed by atoms with Gasteiger partial charge in [0.2, 0.25) is 0 Å². The summed E-state index contributed by atoms with van der Waals surface area (Å²) in [4.78, 5) is 0. The molecule has 0 nitrogen and oxygen atoms in total. The van der Waals surface area contributed by atoms with E-state index in [1.54, 1.807) is 44.5 Å². The molecule has 36 heavy (non-hydrogen) atoms. The predicted molar refractivity (Wildman–Crippen MR) is 160 cm³/mol. The van der Waals surface area contributed by atoms with Gasteiger partial charge < -0.3 is 0 Å². The van der Waals surface area contributed by atoms with E-state index in [1.165, 1.54) is 24.0 Å². The number of rotatable bonds is 9. The first kappa shape index (κ1) is 27.0. The zero-order chi connectivity index (χ0) is 26.3. The van der Waals surface area contributed by atoms with Gasteiger partial charge in [0.25, 0.3) is 0 Å². The van der Waals surface area contributed by atoms with Gasteiger partial charge in [-0.25, -0.2) is 0 Å². The first-order valence-electron chi connectivity index (χ1n) is 14.8. The van der Waals surface area contributed by atoms with E-state index in [2.05, 4.69) is 106 Å². The average molecular weight is 483 g/mol. The molecule has 0 fully saturated rings. The average Bonchev–Trinajstić information content (AvgIpc) is 3.38. The zero-order valence-corrected chi connectivity index (χ0v) is 24.8. The Labute approximate surface area is 222 Å². The fraction of sp³-hybridized carbons (Fsp3) is 0.556. The van der Waals surface area contributed by atoms with Crippen LogP contribution in [0.25, 0.3) is 12.2 Å². The standard InChI is InChI=1S/C36H50/c1-11-25-19-33-27(21(3)4)13-15-29(23(7)8)35(33)31(25)17-18-32-26(12-2)20-34-28(22(5)6)14-16-30(24(9)10)36(32)34/h13-16,19-24,31-32H,11-12,17-18H2,1-10H3. The third-order valence-corrected chi connectivity index (χ3v) is 9.01. The molecule has 2 aromatic carbocycles. The van der Waals surface area contributed by atoms with E-state index in [9.17, 15) is 0 Å². The lowest BCUT2D eigenvalue weighted by atomic mass is 9.77. The van der Waals surface area contributed by atoms with Gasteiger partial charge in [0.1, 0.15) is 0 Å². The summed E-state index contributed by atoms with van der Waals surface area (Å²) >= 11 is 0. The van der Waals surface area contributed by atoms with Crippen molar-refractivity contribution in [1.82, 2.24) is 0 Å². The summed E-state index contributed by atoms with van der Waals surface area (Å²) in [5.41, 5.74) is 16.0. The number of benzene rings is 2. The van der Waals surface area contributed by atoms with Gasteiger partial charge in [0, 0.05) is 11.8 Å². The fourth-order valence-corrected chi connectivity index (χ4v) is 7.09. The summed E-state index contributed by atoms with van der Waals surface area (Å²) in [5.74, 6) is 3.39. The molecule has 2 aromatic rings. The highest BCUT2D eigenvalue weighted by Gasteiger charge is 2.34. The molecule has 0 heteroatoms. The van der Waals surface area contributed by atoms with Gasteiger partial charge in [-0.2, -0.15) is 0 Å². The highest BCUT2D eigenvalue weighted by atomic mass is 14.4. The second-order valence-corrected chi connectivity index (χ2v) is 12.6. The van der Waals surface area contributed by atoms with Gasteiger partial charge in [0.15, 0.2) is 0 Å². The highest BCUT2D eigenvalue weighted by Crippen LogP contribution is 2.51. The third kappa shape index (κ3) is 4.66. The molecule has 0 N–H and O–H groups in total. The summed E-state index contributed by atoms with van der Waals surface area (Å²) in [5, 5.41) is 0. The Morgan fingerprint density at radius 1 is 0.500 bits per heavy atom. The van der Waals surface area contributed by atoms with E-state index >= 15 is 0 Å².